The molecule has 0 radical (unpaired) electrons. The molecule has 0 saturated heterocycles. The summed E-state index contributed by atoms with van der Waals surface area (Å²) < 4.78 is 5.00. The molecule has 3 nitrogen and oxygen atoms in total. The predicted octanol–water partition coefficient (Wildman–Crippen LogP) is 2.92. The summed E-state index contributed by atoms with van der Waals surface area (Å²) in [7, 11) is 1.68. The molecule has 1 unspecified atom stereocenters. The molecule has 0 amide bonds. The maximum absolute atomic E-state index is 6.10. The fraction of sp³-hybridized carbons (Fsp3) is 0.455. The Morgan fingerprint density at radius 3 is 2.75 bits per heavy atom. The van der Waals surface area contributed by atoms with E-state index in [1.54, 1.807) is 13.2 Å². The number of nitrogens with one attached hydrogen (secondary N) is 1. The maximum Gasteiger partial charge on any atom is 0.0475 e. The summed E-state index contributed by atoms with van der Waals surface area (Å²) in [6.07, 6.45) is 1.79. The van der Waals surface area contributed by atoms with E-state index in [1.165, 1.54) is 0 Å². The van der Waals surface area contributed by atoms with Gasteiger partial charge in [0.15, 0.2) is 0 Å². The van der Waals surface area contributed by atoms with Crippen molar-refractivity contribution in [3.8, 4) is 0 Å². The van der Waals surface area contributed by atoms with E-state index in [0.717, 1.165) is 18.4 Å². The number of ether oxygens (including phenoxy) is 1. The Labute approximate surface area is 106 Å². The van der Waals surface area contributed by atoms with E-state index >= 15 is 0 Å². The van der Waals surface area contributed by atoms with Crippen LogP contribution in [0.3, 0.4) is 0 Å². The Morgan fingerprint density at radius 1 is 1.44 bits per heavy atom. The number of nitrogens with two attached hydrogens (primary N) is 1. The van der Waals surface area contributed by atoms with E-state index in [0.29, 0.717) is 16.7 Å². The Balaban J connectivity index is 2.70. The second kappa shape index (κ2) is 7.09. The van der Waals surface area contributed by atoms with Crippen molar-refractivity contribution in [3.63, 3.8) is 0 Å². The van der Waals surface area contributed by atoms with Crippen molar-refractivity contribution in [1.82, 2.24) is 5.43 Å². The van der Waals surface area contributed by atoms with Crippen LogP contribution in [-0.2, 0) is 4.74 Å². The summed E-state index contributed by atoms with van der Waals surface area (Å²) in [5.41, 5.74) is 3.72. The molecule has 1 aromatic rings. The molecule has 1 aromatic carbocycles. The lowest BCUT2D eigenvalue weighted by molar-refractivity contribution is 0.189. The zero-order valence-electron chi connectivity index (χ0n) is 9.17. The van der Waals surface area contributed by atoms with Gasteiger partial charge < -0.3 is 4.74 Å². The van der Waals surface area contributed by atoms with Gasteiger partial charge in [0.25, 0.3) is 0 Å². The third-order valence-corrected chi connectivity index (χ3v) is 2.94. The molecule has 1 atom stereocenters. The molecule has 0 fully saturated rings. The monoisotopic (exact) mass is 262 g/mol. The van der Waals surface area contributed by atoms with Gasteiger partial charge >= 0.3 is 0 Å². The van der Waals surface area contributed by atoms with Gasteiger partial charge in [0.1, 0.15) is 0 Å². The van der Waals surface area contributed by atoms with Crippen molar-refractivity contribution >= 4 is 23.2 Å². The molecular formula is C11H16Cl2N2O. The lowest BCUT2D eigenvalue weighted by Gasteiger charge is -2.17. The quantitative estimate of drug-likeness (QED) is 0.471. The summed E-state index contributed by atoms with van der Waals surface area (Å²) in [4.78, 5) is 0. The van der Waals surface area contributed by atoms with Gasteiger partial charge in [-0.15, -0.1) is 0 Å². The van der Waals surface area contributed by atoms with E-state index in [1.807, 2.05) is 12.1 Å². The Hall–Kier alpha value is -0.320. The van der Waals surface area contributed by atoms with Gasteiger partial charge in [-0.05, 0) is 30.5 Å². The number of methoxy groups -OCH3 is 1. The molecular weight excluding hydrogens is 247 g/mol. The van der Waals surface area contributed by atoms with E-state index in [-0.39, 0.29) is 6.04 Å². The average Bonchev–Trinajstić information content (AvgIpc) is 2.26. The average molecular weight is 263 g/mol. The zero-order chi connectivity index (χ0) is 12.0. The van der Waals surface area contributed by atoms with Crippen molar-refractivity contribution < 1.29 is 4.74 Å². The molecule has 0 aromatic heterocycles. The summed E-state index contributed by atoms with van der Waals surface area (Å²) in [6.45, 7) is 0.712. The van der Waals surface area contributed by atoms with Crippen LogP contribution in [0.25, 0.3) is 0 Å². The van der Waals surface area contributed by atoms with Crippen LogP contribution in [0.5, 0.6) is 0 Å². The van der Waals surface area contributed by atoms with E-state index in [9.17, 15) is 0 Å². The van der Waals surface area contributed by atoms with Gasteiger partial charge in [-0.3, -0.25) is 11.3 Å². The standard InChI is InChI=1S/C11H16Cl2N2O/c1-16-6-2-3-11(15-14)9-5-4-8(12)7-10(9)13/h4-5,7,11,15H,2-3,6,14H2,1H3. The lowest BCUT2D eigenvalue weighted by atomic mass is 10.0. The Bertz CT molecular complexity index is 334. The third kappa shape index (κ3) is 3.92. The highest BCUT2D eigenvalue weighted by Gasteiger charge is 2.12. The van der Waals surface area contributed by atoms with Crippen molar-refractivity contribution in [2.45, 2.75) is 18.9 Å². The molecule has 0 bridgehead atoms. The van der Waals surface area contributed by atoms with Crippen LogP contribution in [0.15, 0.2) is 18.2 Å². The molecule has 1 rings (SSSR count). The highest BCUT2D eigenvalue weighted by Crippen LogP contribution is 2.28. The van der Waals surface area contributed by atoms with Crippen molar-refractivity contribution in [2.24, 2.45) is 5.84 Å². The highest BCUT2D eigenvalue weighted by molar-refractivity contribution is 6.35. The topological polar surface area (TPSA) is 47.3 Å². The first kappa shape index (κ1) is 13.7. The fourth-order valence-corrected chi connectivity index (χ4v) is 2.08. The number of rotatable bonds is 6. The minimum atomic E-state index is 0.0277. The van der Waals surface area contributed by atoms with Gasteiger partial charge in [0, 0.05) is 29.8 Å². The molecule has 0 heterocycles. The second-order valence-electron chi connectivity index (χ2n) is 3.52. The van der Waals surface area contributed by atoms with Crippen molar-refractivity contribution in [1.29, 1.82) is 0 Å². The number of halogens is 2. The molecule has 0 aliphatic rings. The van der Waals surface area contributed by atoms with Crippen LogP contribution < -0.4 is 11.3 Å². The summed E-state index contributed by atoms with van der Waals surface area (Å²) >= 11 is 11.9. The molecule has 0 aliphatic heterocycles. The Morgan fingerprint density at radius 2 is 2.19 bits per heavy atom. The smallest absolute Gasteiger partial charge is 0.0475 e. The van der Waals surface area contributed by atoms with Gasteiger partial charge in [0.05, 0.1) is 0 Å². The second-order valence-corrected chi connectivity index (χ2v) is 4.36. The molecule has 3 N–H and O–H groups in total. The highest BCUT2D eigenvalue weighted by atomic mass is 35.5. The van der Waals surface area contributed by atoms with Crippen LogP contribution in [0.2, 0.25) is 10.0 Å². The number of hydrogen-bond donors (Lipinski definition) is 2. The van der Waals surface area contributed by atoms with Crippen LogP contribution >= 0.6 is 23.2 Å². The summed E-state index contributed by atoms with van der Waals surface area (Å²) in [5.74, 6) is 5.51. The van der Waals surface area contributed by atoms with Gasteiger partial charge in [-0.25, -0.2) is 0 Å². The molecule has 0 saturated carbocycles. The first-order valence-corrected chi connectivity index (χ1v) is 5.84. The van der Waals surface area contributed by atoms with Gasteiger partial charge in [-0.1, -0.05) is 29.3 Å². The third-order valence-electron chi connectivity index (χ3n) is 2.38. The van der Waals surface area contributed by atoms with Crippen LogP contribution in [0.4, 0.5) is 0 Å². The van der Waals surface area contributed by atoms with Crippen LogP contribution in [-0.4, -0.2) is 13.7 Å². The lowest BCUT2D eigenvalue weighted by Crippen LogP contribution is -2.28. The SMILES string of the molecule is COCCCC(NN)c1ccc(Cl)cc1Cl. The number of benzene rings is 1. The first-order chi connectivity index (χ1) is 7.69. The summed E-state index contributed by atoms with van der Waals surface area (Å²) in [6, 6.07) is 5.45. The van der Waals surface area contributed by atoms with E-state index in [4.69, 9.17) is 33.8 Å². The molecule has 0 aliphatic carbocycles. The maximum atomic E-state index is 6.10. The van der Waals surface area contributed by atoms with Crippen LogP contribution in [0.1, 0.15) is 24.4 Å². The van der Waals surface area contributed by atoms with Gasteiger partial charge in [-0.2, -0.15) is 0 Å². The number of hydrazine groups is 1. The molecule has 0 spiro atoms. The molecule has 90 valence electrons. The minimum Gasteiger partial charge on any atom is -0.385 e. The van der Waals surface area contributed by atoms with E-state index < -0.39 is 0 Å². The Kier molecular flexibility index (Phi) is 6.09. The zero-order valence-corrected chi connectivity index (χ0v) is 10.7. The van der Waals surface area contributed by atoms with Gasteiger partial charge in [0.2, 0.25) is 0 Å². The molecule has 16 heavy (non-hydrogen) atoms. The molecule has 5 heteroatoms. The summed E-state index contributed by atoms with van der Waals surface area (Å²) in [5, 5.41) is 1.26. The largest absolute Gasteiger partial charge is 0.385 e. The minimum absolute atomic E-state index is 0.0277. The normalized spacial score (nSPS) is 12.8. The van der Waals surface area contributed by atoms with E-state index in [2.05, 4.69) is 5.43 Å². The predicted molar refractivity (Wildman–Crippen MR) is 67.6 cm³/mol. The fourth-order valence-electron chi connectivity index (χ4n) is 1.54. The number of hydrogen-bond acceptors (Lipinski definition) is 3. The van der Waals surface area contributed by atoms with Crippen LogP contribution in [0, 0.1) is 0 Å². The first-order valence-electron chi connectivity index (χ1n) is 5.09. The van der Waals surface area contributed by atoms with Crippen molar-refractivity contribution in [2.75, 3.05) is 13.7 Å². The van der Waals surface area contributed by atoms with Crippen molar-refractivity contribution in [3.05, 3.63) is 33.8 Å².